The van der Waals surface area contributed by atoms with E-state index in [0.29, 0.717) is 5.92 Å². The minimum absolute atomic E-state index is 0. The zero-order valence-electron chi connectivity index (χ0n) is 29.6. The number of furan rings is 1. The summed E-state index contributed by atoms with van der Waals surface area (Å²) in [5.41, 5.74) is 11.6. The van der Waals surface area contributed by atoms with Crippen LogP contribution in [-0.4, -0.2) is 23.2 Å². The van der Waals surface area contributed by atoms with Crippen molar-refractivity contribution in [3.63, 3.8) is 0 Å². The first-order chi connectivity index (χ1) is 24.2. The van der Waals surface area contributed by atoms with Crippen LogP contribution in [0.25, 0.3) is 66.7 Å². The van der Waals surface area contributed by atoms with Crippen LogP contribution in [0.4, 0.5) is 0 Å². The Labute approximate surface area is 317 Å². The van der Waals surface area contributed by atoms with E-state index in [9.17, 15) is 0 Å². The summed E-state index contributed by atoms with van der Waals surface area (Å²) in [6, 6.07) is 52.9. The van der Waals surface area contributed by atoms with Crippen molar-refractivity contribution in [2.75, 3.05) is 0 Å². The molecule has 0 saturated heterocycles. The Morgan fingerprint density at radius 2 is 1.39 bits per heavy atom. The first kappa shape index (κ1) is 36.2. The number of rotatable bonds is 6. The van der Waals surface area contributed by atoms with E-state index in [2.05, 4.69) is 150 Å². The number of pyridine rings is 2. The Hall–Kier alpha value is -4.61. The molecular weight excluding hydrogens is 861 g/mol. The van der Waals surface area contributed by atoms with Gasteiger partial charge in [0.05, 0.1) is 5.58 Å². The summed E-state index contributed by atoms with van der Waals surface area (Å²) in [4.78, 5) is 9.11. The fourth-order valence-corrected chi connectivity index (χ4v) is 8.29. The van der Waals surface area contributed by atoms with Crippen molar-refractivity contribution in [3.8, 4) is 44.8 Å². The summed E-state index contributed by atoms with van der Waals surface area (Å²) in [6.07, 6.45) is 3.91. The van der Waals surface area contributed by atoms with Gasteiger partial charge < -0.3 is 9.40 Å². The number of hydrogen-bond acceptors (Lipinski definition) is 3. The van der Waals surface area contributed by atoms with Crippen LogP contribution >= 0.6 is 0 Å². The summed E-state index contributed by atoms with van der Waals surface area (Å²) >= 11 is -1.72. The zero-order chi connectivity index (χ0) is 34.7. The van der Waals surface area contributed by atoms with E-state index < -0.39 is 13.3 Å². The molecule has 0 bridgehead atoms. The number of hydrogen-bond donors (Lipinski definition) is 0. The minimum Gasteiger partial charge on any atom is 0 e. The van der Waals surface area contributed by atoms with Crippen LogP contribution in [0.1, 0.15) is 25.3 Å². The van der Waals surface area contributed by atoms with Crippen molar-refractivity contribution in [2.45, 2.75) is 37.0 Å². The predicted octanol–water partition coefficient (Wildman–Crippen LogP) is 12.0. The molecule has 255 valence electrons. The third kappa shape index (κ3) is 8.15. The molecule has 0 spiro atoms. The van der Waals surface area contributed by atoms with Crippen LogP contribution in [0.2, 0.25) is 17.3 Å². The van der Waals surface area contributed by atoms with E-state index in [0.717, 1.165) is 50.0 Å². The van der Waals surface area contributed by atoms with Crippen molar-refractivity contribution < 1.29 is 24.5 Å². The molecule has 3 nitrogen and oxygen atoms in total. The number of aromatic nitrogens is 2. The average Bonchev–Trinajstić information content (AvgIpc) is 3.54. The monoisotopic (exact) mass is 903 g/mol. The third-order valence-corrected chi connectivity index (χ3v) is 13.3. The summed E-state index contributed by atoms with van der Waals surface area (Å²) in [5.74, 6) is 7.59. The Bertz CT molecular complexity index is 2360. The van der Waals surface area contributed by atoms with Gasteiger partial charge in [-0.3, -0.25) is 0 Å². The van der Waals surface area contributed by atoms with Crippen molar-refractivity contribution in [3.05, 3.63) is 164 Å². The van der Waals surface area contributed by atoms with E-state index in [1.807, 2.05) is 48.8 Å². The standard InChI is InChI=1S/C32H24NO.C14H16GeN.Ir/c1-21(2)25-17-18-33-29(19-25)26-15-16-28-31(20-26)34-30-10-6-9-27(32(28)30)24-13-11-23(12-14-24)22-7-4-3-5-8-22;1-15(2,3)13-9-10-14(16-11-13)12-7-5-4-6-8-12;/h3-19,21H,1-2H3;4-7,9-11H,1-3H3;/q2*-1;. The molecule has 0 aliphatic carbocycles. The molecule has 0 saturated carbocycles. The number of fused-ring (bicyclic) bond motifs is 3. The van der Waals surface area contributed by atoms with Crippen molar-refractivity contribution in [1.82, 2.24) is 9.97 Å². The molecule has 0 amide bonds. The third-order valence-electron chi connectivity index (χ3n) is 9.06. The van der Waals surface area contributed by atoms with Crippen molar-refractivity contribution in [1.29, 1.82) is 0 Å². The van der Waals surface area contributed by atoms with Gasteiger partial charge in [0, 0.05) is 26.3 Å². The SMILES string of the molecule is CC(C)c1ccnc(-c2[c-]c3oc4cccc(-c5ccc(-c6ccccc6)cc5)c4c3cc2)c1.[CH3][Ge]([CH3])([CH3])[c]1ccc(-c2[c-]cccc2)nc1.[Ir]. The van der Waals surface area contributed by atoms with E-state index in [4.69, 9.17) is 4.42 Å². The Balaban J connectivity index is 0.000000222. The Morgan fingerprint density at radius 3 is 2.08 bits per heavy atom. The van der Waals surface area contributed by atoms with Gasteiger partial charge in [-0.25, -0.2) is 0 Å². The molecule has 5 aromatic carbocycles. The van der Waals surface area contributed by atoms with E-state index in [1.165, 1.54) is 26.6 Å². The second-order valence-electron chi connectivity index (χ2n) is 13.9. The second kappa shape index (κ2) is 15.7. The molecule has 8 aromatic rings. The summed E-state index contributed by atoms with van der Waals surface area (Å²) < 4.78 is 7.71. The maximum absolute atomic E-state index is 6.26. The maximum atomic E-state index is 6.26. The smallest absolute Gasteiger partial charge is 0 e. The molecule has 0 unspecified atom stereocenters. The van der Waals surface area contributed by atoms with Crippen LogP contribution in [0.5, 0.6) is 0 Å². The normalized spacial score (nSPS) is 11.3. The first-order valence-corrected chi connectivity index (χ1v) is 24.5. The van der Waals surface area contributed by atoms with Gasteiger partial charge in [0.2, 0.25) is 0 Å². The second-order valence-corrected chi connectivity index (χ2v) is 24.6. The molecule has 8 rings (SSSR count). The van der Waals surface area contributed by atoms with Crippen molar-refractivity contribution in [2.24, 2.45) is 0 Å². The molecular formula is C46H40GeIrN2O-2. The van der Waals surface area contributed by atoms with Gasteiger partial charge in [-0.05, 0) is 51.4 Å². The summed E-state index contributed by atoms with van der Waals surface area (Å²) in [7, 11) is 0. The van der Waals surface area contributed by atoms with Gasteiger partial charge in [0.25, 0.3) is 0 Å². The summed E-state index contributed by atoms with van der Waals surface area (Å²) in [5, 5.41) is 2.19. The quantitative estimate of drug-likeness (QED) is 0.123. The Kier molecular flexibility index (Phi) is 11.2. The molecule has 3 aromatic heterocycles. The maximum Gasteiger partial charge on any atom is 0 e. The molecule has 0 aliphatic rings. The number of nitrogens with zero attached hydrogens (tertiary/aromatic N) is 2. The van der Waals surface area contributed by atoms with Gasteiger partial charge in [0.1, 0.15) is 5.58 Å². The van der Waals surface area contributed by atoms with Gasteiger partial charge in [0.15, 0.2) is 0 Å². The molecule has 0 fully saturated rings. The topological polar surface area (TPSA) is 38.9 Å². The average molecular weight is 902 g/mol. The summed E-state index contributed by atoms with van der Waals surface area (Å²) in [6.45, 7) is 4.39. The van der Waals surface area contributed by atoms with Gasteiger partial charge in [-0.15, -0.1) is 17.7 Å². The van der Waals surface area contributed by atoms with Crippen LogP contribution < -0.4 is 4.40 Å². The first-order valence-electron chi connectivity index (χ1n) is 17.2. The molecule has 3 heterocycles. The molecule has 5 heteroatoms. The molecule has 0 N–H and O–H groups in total. The van der Waals surface area contributed by atoms with Gasteiger partial charge in [-0.1, -0.05) is 104 Å². The van der Waals surface area contributed by atoms with Crippen LogP contribution in [-0.2, 0) is 20.1 Å². The van der Waals surface area contributed by atoms with E-state index in [-0.39, 0.29) is 20.1 Å². The van der Waals surface area contributed by atoms with E-state index in [1.54, 1.807) is 0 Å². The Morgan fingerprint density at radius 1 is 0.647 bits per heavy atom. The van der Waals surface area contributed by atoms with Gasteiger partial charge in [-0.2, -0.15) is 0 Å². The van der Waals surface area contributed by atoms with E-state index >= 15 is 0 Å². The van der Waals surface area contributed by atoms with Crippen LogP contribution in [0.3, 0.4) is 0 Å². The molecule has 51 heavy (non-hydrogen) atoms. The molecule has 0 aliphatic heterocycles. The zero-order valence-corrected chi connectivity index (χ0v) is 34.1. The molecule has 1 radical (unpaired) electrons. The van der Waals surface area contributed by atoms with Crippen LogP contribution in [0.15, 0.2) is 150 Å². The van der Waals surface area contributed by atoms with Crippen molar-refractivity contribution >= 4 is 39.6 Å². The van der Waals surface area contributed by atoms with Crippen LogP contribution in [0, 0.1) is 12.1 Å². The largest absolute Gasteiger partial charge is 0 e. The van der Waals surface area contributed by atoms with Gasteiger partial charge >= 0.3 is 99.8 Å². The fourth-order valence-electron chi connectivity index (χ4n) is 6.12. The number of benzene rings is 5. The minimum atomic E-state index is -1.72. The fraction of sp³-hybridized carbons (Fsp3) is 0.130. The predicted molar refractivity (Wildman–Crippen MR) is 212 cm³/mol. The molecule has 0 atom stereocenters.